The van der Waals surface area contributed by atoms with Crippen LogP contribution in [0.3, 0.4) is 0 Å². The molecule has 0 aromatic carbocycles. The van der Waals surface area contributed by atoms with Crippen molar-refractivity contribution in [2.75, 3.05) is 0 Å². The Hall–Kier alpha value is -1.01. The quantitative estimate of drug-likeness (QED) is 0.869. The van der Waals surface area contributed by atoms with Gasteiger partial charge in [-0.1, -0.05) is 38.1 Å². The van der Waals surface area contributed by atoms with Gasteiger partial charge in [0.1, 0.15) is 4.88 Å². The maximum atomic E-state index is 12.3. The van der Waals surface area contributed by atoms with Crippen molar-refractivity contribution >= 4 is 17.4 Å². The highest BCUT2D eigenvalue weighted by molar-refractivity contribution is 7.08. The summed E-state index contributed by atoms with van der Waals surface area (Å²) in [7, 11) is 0. The molecule has 5 nitrogen and oxygen atoms in total. The summed E-state index contributed by atoms with van der Waals surface area (Å²) < 4.78 is 3.89. The summed E-state index contributed by atoms with van der Waals surface area (Å²) in [5.74, 6) is -0.161. The third-order valence-corrected chi connectivity index (χ3v) is 4.18. The molecule has 2 rings (SSSR count). The van der Waals surface area contributed by atoms with Crippen LogP contribution in [0.4, 0.5) is 0 Å². The zero-order chi connectivity index (χ0) is 14.0. The molecule has 0 bridgehead atoms. The van der Waals surface area contributed by atoms with Gasteiger partial charge >= 0.3 is 0 Å². The van der Waals surface area contributed by atoms with Crippen molar-refractivity contribution < 1.29 is 9.90 Å². The topological polar surface area (TPSA) is 75.1 Å². The molecule has 2 atom stereocenters. The summed E-state index contributed by atoms with van der Waals surface area (Å²) in [5, 5.41) is 16.9. The molecule has 106 valence electrons. The molecule has 19 heavy (non-hydrogen) atoms. The van der Waals surface area contributed by atoms with E-state index in [-0.39, 0.29) is 17.4 Å². The van der Waals surface area contributed by atoms with Gasteiger partial charge in [-0.15, -0.1) is 5.10 Å². The van der Waals surface area contributed by atoms with Crippen LogP contribution in [-0.4, -0.2) is 32.7 Å². The molecule has 1 aromatic rings. The Kier molecular flexibility index (Phi) is 4.20. The fraction of sp³-hybridized carbons (Fsp3) is 0.769. The summed E-state index contributed by atoms with van der Waals surface area (Å²) in [6, 6.07) is -0.142. The van der Waals surface area contributed by atoms with E-state index in [0.717, 1.165) is 42.9 Å². The molecule has 0 unspecified atom stereocenters. The van der Waals surface area contributed by atoms with Crippen LogP contribution in [-0.2, 0) is 5.41 Å². The Labute approximate surface area is 117 Å². The highest BCUT2D eigenvalue weighted by atomic mass is 32.1. The fourth-order valence-corrected chi connectivity index (χ4v) is 3.12. The molecular formula is C13H21N3O2S. The lowest BCUT2D eigenvalue weighted by molar-refractivity contribution is 0.0718. The van der Waals surface area contributed by atoms with Crippen LogP contribution >= 0.6 is 11.5 Å². The van der Waals surface area contributed by atoms with Gasteiger partial charge in [-0.05, 0) is 24.4 Å². The highest BCUT2D eigenvalue weighted by Gasteiger charge is 2.30. The SMILES string of the molecule is CC(C)(C)c1nnsc1C(=O)N[C@H]1CCCC[C@@H]1O. The Balaban J connectivity index is 2.10. The minimum atomic E-state index is -0.434. The van der Waals surface area contributed by atoms with Crippen molar-refractivity contribution in [3.63, 3.8) is 0 Å². The first-order valence-electron chi connectivity index (χ1n) is 6.71. The molecule has 0 aliphatic heterocycles. The van der Waals surface area contributed by atoms with Crippen LogP contribution in [0.25, 0.3) is 0 Å². The van der Waals surface area contributed by atoms with Crippen molar-refractivity contribution in [2.45, 2.75) is 64.0 Å². The van der Waals surface area contributed by atoms with Gasteiger partial charge in [0.15, 0.2) is 0 Å². The standard InChI is InChI=1S/C13H21N3O2S/c1-13(2,3)11-10(19-16-15-11)12(18)14-8-6-4-5-7-9(8)17/h8-9,17H,4-7H2,1-3H3,(H,14,18)/t8-,9-/m0/s1. The summed E-state index contributed by atoms with van der Waals surface area (Å²) in [5.41, 5.74) is 0.519. The van der Waals surface area contributed by atoms with E-state index in [1.54, 1.807) is 0 Å². The number of aliphatic hydroxyl groups excluding tert-OH is 1. The van der Waals surface area contributed by atoms with Crippen molar-refractivity contribution in [1.29, 1.82) is 0 Å². The zero-order valence-corrected chi connectivity index (χ0v) is 12.5. The minimum absolute atomic E-state index is 0.142. The fourth-order valence-electron chi connectivity index (χ4n) is 2.34. The average Bonchev–Trinajstić information content (AvgIpc) is 2.81. The Morgan fingerprint density at radius 2 is 2.05 bits per heavy atom. The molecule has 1 fully saturated rings. The molecule has 1 heterocycles. The van der Waals surface area contributed by atoms with Crippen LogP contribution in [0.2, 0.25) is 0 Å². The zero-order valence-electron chi connectivity index (χ0n) is 11.6. The van der Waals surface area contributed by atoms with E-state index in [1.165, 1.54) is 0 Å². The van der Waals surface area contributed by atoms with Gasteiger partial charge < -0.3 is 10.4 Å². The van der Waals surface area contributed by atoms with Crippen molar-refractivity contribution in [3.8, 4) is 0 Å². The first kappa shape index (κ1) is 14.4. The second-order valence-electron chi connectivity index (χ2n) is 6.13. The third kappa shape index (κ3) is 3.30. The number of amides is 1. The molecule has 1 aromatic heterocycles. The third-order valence-electron chi connectivity index (χ3n) is 3.45. The summed E-state index contributed by atoms with van der Waals surface area (Å²) in [6.45, 7) is 6.03. The number of aromatic nitrogens is 2. The van der Waals surface area contributed by atoms with Gasteiger partial charge in [-0.2, -0.15) is 0 Å². The van der Waals surface area contributed by atoms with Gasteiger partial charge in [-0.3, -0.25) is 4.79 Å². The number of carbonyl (C=O) groups is 1. The van der Waals surface area contributed by atoms with E-state index in [2.05, 4.69) is 14.9 Å². The molecule has 1 aliphatic carbocycles. The lowest BCUT2D eigenvalue weighted by Crippen LogP contribution is -2.45. The van der Waals surface area contributed by atoms with Crippen molar-refractivity contribution in [3.05, 3.63) is 10.6 Å². The maximum Gasteiger partial charge on any atom is 0.265 e. The molecule has 1 aliphatic rings. The van der Waals surface area contributed by atoms with E-state index in [4.69, 9.17) is 0 Å². The molecular weight excluding hydrogens is 262 g/mol. The monoisotopic (exact) mass is 283 g/mol. The first-order valence-corrected chi connectivity index (χ1v) is 7.48. The number of rotatable bonds is 2. The lowest BCUT2D eigenvalue weighted by atomic mass is 9.90. The van der Waals surface area contributed by atoms with E-state index < -0.39 is 6.10 Å². The molecule has 2 N–H and O–H groups in total. The predicted molar refractivity (Wildman–Crippen MR) is 74.3 cm³/mol. The second-order valence-corrected chi connectivity index (χ2v) is 6.89. The smallest absolute Gasteiger partial charge is 0.265 e. The minimum Gasteiger partial charge on any atom is -0.391 e. The van der Waals surface area contributed by atoms with Gasteiger partial charge in [-0.25, -0.2) is 0 Å². The van der Waals surface area contributed by atoms with Crippen LogP contribution in [0.1, 0.15) is 61.8 Å². The van der Waals surface area contributed by atoms with E-state index in [1.807, 2.05) is 20.8 Å². The van der Waals surface area contributed by atoms with Crippen LogP contribution < -0.4 is 5.32 Å². The number of aliphatic hydroxyl groups is 1. The number of hydrogen-bond acceptors (Lipinski definition) is 5. The summed E-state index contributed by atoms with van der Waals surface area (Å²) in [4.78, 5) is 12.9. The number of nitrogens with zero attached hydrogens (tertiary/aromatic N) is 2. The highest BCUT2D eigenvalue weighted by Crippen LogP contribution is 2.26. The van der Waals surface area contributed by atoms with Crippen LogP contribution in [0.15, 0.2) is 0 Å². The largest absolute Gasteiger partial charge is 0.391 e. The molecule has 6 heteroatoms. The van der Waals surface area contributed by atoms with Crippen LogP contribution in [0.5, 0.6) is 0 Å². The molecule has 0 radical (unpaired) electrons. The number of nitrogens with one attached hydrogen (secondary N) is 1. The van der Waals surface area contributed by atoms with Gasteiger partial charge in [0.2, 0.25) is 0 Å². The van der Waals surface area contributed by atoms with Crippen LogP contribution in [0, 0.1) is 0 Å². The van der Waals surface area contributed by atoms with Crippen molar-refractivity contribution in [2.24, 2.45) is 0 Å². The average molecular weight is 283 g/mol. The molecule has 0 saturated heterocycles. The van der Waals surface area contributed by atoms with Crippen molar-refractivity contribution in [1.82, 2.24) is 14.9 Å². The van der Waals surface area contributed by atoms with Gasteiger partial charge in [0, 0.05) is 5.41 Å². The number of carbonyl (C=O) groups excluding carboxylic acids is 1. The van der Waals surface area contributed by atoms with E-state index in [9.17, 15) is 9.90 Å². The van der Waals surface area contributed by atoms with Gasteiger partial charge in [0.25, 0.3) is 5.91 Å². The molecule has 1 saturated carbocycles. The summed E-state index contributed by atoms with van der Waals surface area (Å²) >= 11 is 1.12. The lowest BCUT2D eigenvalue weighted by Gasteiger charge is -2.28. The first-order chi connectivity index (χ1) is 8.89. The Bertz CT molecular complexity index is 453. The Morgan fingerprint density at radius 3 is 2.68 bits per heavy atom. The summed E-state index contributed by atoms with van der Waals surface area (Å²) in [6.07, 6.45) is 3.25. The Morgan fingerprint density at radius 1 is 1.37 bits per heavy atom. The van der Waals surface area contributed by atoms with E-state index in [0.29, 0.717) is 4.88 Å². The number of hydrogen-bond donors (Lipinski definition) is 2. The van der Waals surface area contributed by atoms with E-state index >= 15 is 0 Å². The maximum absolute atomic E-state index is 12.3. The van der Waals surface area contributed by atoms with Gasteiger partial charge in [0.05, 0.1) is 17.8 Å². The molecule has 1 amide bonds. The normalized spacial score (nSPS) is 24.2. The second kappa shape index (κ2) is 5.54. The predicted octanol–water partition coefficient (Wildman–Crippen LogP) is 1.87. The molecule has 0 spiro atoms.